The molecule has 1 fully saturated rings. The van der Waals surface area contributed by atoms with E-state index in [4.69, 9.17) is 4.74 Å². The Morgan fingerprint density at radius 1 is 1.13 bits per heavy atom. The Hall–Kier alpha value is -2.63. The van der Waals surface area contributed by atoms with Gasteiger partial charge >= 0.3 is 0 Å². The molecule has 0 unspecified atom stereocenters. The summed E-state index contributed by atoms with van der Waals surface area (Å²) in [6.45, 7) is 3.54. The van der Waals surface area contributed by atoms with E-state index in [0.717, 1.165) is 35.3 Å². The van der Waals surface area contributed by atoms with Gasteiger partial charge in [0.15, 0.2) is 5.82 Å². The average Bonchev–Trinajstić information content (AvgIpc) is 3.15. The lowest BCUT2D eigenvalue weighted by Gasteiger charge is -2.35. The van der Waals surface area contributed by atoms with Gasteiger partial charge in [0.05, 0.1) is 24.6 Å². The van der Waals surface area contributed by atoms with Gasteiger partial charge in [0.1, 0.15) is 0 Å². The van der Waals surface area contributed by atoms with Crippen LogP contribution in [-0.2, 0) is 9.53 Å². The number of rotatable bonds is 2. The van der Waals surface area contributed by atoms with E-state index in [0.29, 0.717) is 26.1 Å². The molecule has 23 heavy (non-hydrogen) atoms. The van der Waals surface area contributed by atoms with Crippen molar-refractivity contribution >= 4 is 22.5 Å². The molecule has 0 atom stereocenters. The van der Waals surface area contributed by atoms with E-state index in [1.807, 2.05) is 23.1 Å². The fourth-order valence-electron chi connectivity index (χ4n) is 3.12. The van der Waals surface area contributed by atoms with Crippen molar-refractivity contribution in [3.8, 4) is 0 Å². The molecule has 0 N–H and O–H groups in total. The molecule has 2 aliphatic heterocycles. The van der Waals surface area contributed by atoms with Crippen LogP contribution < -0.4 is 4.90 Å². The average molecular weight is 310 g/mol. The smallest absolute Gasteiger partial charge is 0.253 e. The zero-order chi connectivity index (χ0) is 15.6. The number of hydrogen-bond donors (Lipinski definition) is 0. The summed E-state index contributed by atoms with van der Waals surface area (Å²) in [5.41, 5.74) is 0.781. The van der Waals surface area contributed by atoms with Crippen LogP contribution in [0.25, 0.3) is 10.8 Å². The number of nitrogens with zero attached hydrogens (tertiary/aromatic N) is 4. The van der Waals surface area contributed by atoms with Crippen LogP contribution >= 0.6 is 0 Å². The molecule has 0 radical (unpaired) electrons. The molecular formula is C17H18N4O2. The molecule has 2 aromatic rings. The van der Waals surface area contributed by atoms with Crippen LogP contribution in [0.5, 0.6) is 0 Å². The quantitative estimate of drug-likeness (QED) is 0.843. The van der Waals surface area contributed by atoms with Crippen molar-refractivity contribution in [2.75, 3.05) is 37.7 Å². The van der Waals surface area contributed by atoms with E-state index in [1.54, 1.807) is 12.5 Å². The summed E-state index contributed by atoms with van der Waals surface area (Å²) in [6, 6.07) is 8.12. The third-order valence-corrected chi connectivity index (χ3v) is 4.41. The third-order valence-electron chi connectivity index (χ3n) is 4.41. The topological polar surface area (TPSA) is 58.6 Å². The SMILES string of the molecule is O=C(C1=COCC1)N1CCN(c2nncc3ccccc23)CC1. The Morgan fingerprint density at radius 3 is 2.74 bits per heavy atom. The van der Waals surface area contributed by atoms with Crippen LogP contribution in [0, 0.1) is 0 Å². The summed E-state index contributed by atoms with van der Waals surface area (Å²) in [5, 5.41) is 10.6. The molecule has 0 saturated carbocycles. The molecular weight excluding hydrogens is 292 g/mol. The summed E-state index contributed by atoms with van der Waals surface area (Å²) in [4.78, 5) is 16.5. The summed E-state index contributed by atoms with van der Waals surface area (Å²) in [5.74, 6) is 1.00. The number of piperazine rings is 1. The lowest BCUT2D eigenvalue weighted by atomic mass is 10.1. The number of benzene rings is 1. The highest BCUT2D eigenvalue weighted by Crippen LogP contribution is 2.24. The standard InChI is InChI=1S/C17H18N4O2/c22-17(14-5-10-23-12-14)21-8-6-20(7-9-21)16-15-4-2-1-3-13(15)11-18-19-16/h1-4,11-12H,5-10H2. The van der Waals surface area contributed by atoms with E-state index in [1.165, 1.54) is 0 Å². The number of ether oxygens (including phenoxy) is 1. The number of carbonyl (C=O) groups excluding carboxylic acids is 1. The monoisotopic (exact) mass is 310 g/mol. The molecule has 118 valence electrons. The molecule has 1 saturated heterocycles. The van der Waals surface area contributed by atoms with Crippen LogP contribution in [0.1, 0.15) is 6.42 Å². The van der Waals surface area contributed by atoms with Gasteiger partial charge in [-0.25, -0.2) is 0 Å². The highest BCUT2D eigenvalue weighted by Gasteiger charge is 2.26. The Kier molecular flexibility index (Phi) is 3.57. The Morgan fingerprint density at radius 2 is 1.96 bits per heavy atom. The van der Waals surface area contributed by atoms with E-state index in [2.05, 4.69) is 21.2 Å². The number of fused-ring (bicyclic) bond motifs is 1. The summed E-state index contributed by atoms with van der Waals surface area (Å²) < 4.78 is 5.17. The lowest BCUT2D eigenvalue weighted by Crippen LogP contribution is -2.49. The lowest BCUT2D eigenvalue weighted by molar-refractivity contribution is -0.127. The fraction of sp³-hybridized carbons (Fsp3) is 0.353. The second kappa shape index (κ2) is 5.87. The molecule has 1 aromatic carbocycles. The molecule has 3 heterocycles. The van der Waals surface area contributed by atoms with Gasteiger partial charge in [0, 0.05) is 43.4 Å². The first-order chi connectivity index (χ1) is 11.3. The summed E-state index contributed by atoms with van der Waals surface area (Å²) in [6.07, 6.45) is 4.10. The van der Waals surface area contributed by atoms with Crippen molar-refractivity contribution < 1.29 is 9.53 Å². The molecule has 0 aliphatic carbocycles. The van der Waals surface area contributed by atoms with E-state index in [9.17, 15) is 4.79 Å². The number of amides is 1. The van der Waals surface area contributed by atoms with Crippen LogP contribution in [0.3, 0.4) is 0 Å². The maximum atomic E-state index is 12.4. The second-order valence-electron chi connectivity index (χ2n) is 5.80. The summed E-state index contributed by atoms with van der Waals surface area (Å²) >= 11 is 0. The van der Waals surface area contributed by atoms with Gasteiger partial charge in [-0.1, -0.05) is 24.3 Å². The van der Waals surface area contributed by atoms with Crippen LogP contribution in [0.4, 0.5) is 5.82 Å². The number of anilines is 1. The molecule has 4 rings (SSSR count). The van der Waals surface area contributed by atoms with Gasteiger partial charge in [-0.2, -0.15) is 5.10 Å². The maximum absolute atomic E-state index is 12.4. The molecule has 6 heteroatoms. The number of carbonyl (C=O) groups is 1. The van der Waals surface area contributed by atoms with Crippen LogP contribution in [0.15, 0.2) is 42.3 Å². The Bertz CT molecular complexity index is 761. The van der Waals surface area contributed by atoms with Gasteiger partial charge < -0.3 is 14.5 Å². The number of aromatic nitrogens is 2. The Balaban J connectivity index is 1.50. The third kappa shape index (κ3) is 2.60. The highest BCUT2D eigenvalue weighted by molar-refractivity contribution is 5.94. The minimum atomic E-state index is 0.103. The van der Waals surface area contributed by atoms with E-state index >= 15 is 0 Å². The first kappa shape index (κ1) is 14.0. The summed E-state index contributed by atoms with van der Waals surface area (Å²) in [7, 11) is 0. The molecule has 0 bridgehead atoms. The Labute approximate surface area is 134 Å². The zero-order valence-corrected chi connectivity index (χ0v) is 12.8. The molecule has 0 spiro atoms. The van der Waals surface area contributed by atoms with Gasteiger partial charge in [-0.05, 0) is 0 Å². The minimum absolute atomic E-state index is 0.103. The van der Waals surface area contributed by atoms with Crippen LogP contribution in [0.2, 0.25) is 0 Å². The van der Waals surface area contributed by atoms with Crippen molar-refractivity contribution in [2.45, 2.75) is 6.42 Å². The van der Waals surface area contributed by atoms with Crippen molar-refractivity contribution in [3.05, 3.63) is 42.3 Å². The normalized spacial score (nSPS) is 18.0. The van der Waals surface area contributed by atoms with Gasteiger partial charge in [0.2, 0.25) is 0 Å². The van der Waals surface area contributed by atoms with Crippen molar-refractivity contribution in [2.24, 2.45) is 0 Å². The first-order valence-electron chi connectivity index (χ1n) is 7.88. The molecule has 1 amide bonds. The van der Waals surface area contributed by atoms with Gasteiger partial charge in [-0.3, -0.25) is 4.79 Å². The minimum Gasteiger partial charge on any atom is -0.500 e. The van der Waals surface area contributed by atoms with Gasteiger partial charge in [0.25, 0.3) is 5.91 Å². The predicted molar refractivity (Wildman–Crippen MR) is 87.0 cm³/mol. The van der Waals surface area contributed by atoms with Crippen molar-refractivity contribution in [3.63, 3.8) is 0 Å². The highest BCUT2D eigenvalue weighted by atomic mass is 16.5. The van der Waals surface area contributed by atoms with E-state index < -0.39 is 0 Å². The van der Waals surface area contributed by atoms with Gasteiger partial charge in [-0.15, -0.1) is 5.10 Å². The molecule has 6 nitrogen and oxygen atoms in total. The predicted octanol–water partition coefficient (Wildman–Crippen LogP) is 1.58. The zero-order valence-electron chi connectivity index (χ0n) is 12.8. The first-order valence-corrected chi connectivity index (χ1v) is 7.88. The van der Waals surface area contributed by atoms with E-state index in [-0.39, 0.29) is 5.91 Å². The number of hydrogen-bond acceptors (Lipinski definition) is 5. The second-order valence-corrected chi connectivity index (χ2v) is 5.80. The molecule has 2 aliphatic rings. The maximum Gasteiger partial charge on any atom is 0.253 e. The van der Waals surface area contributed by atoms with Crippen molar-refractivity contribution in [1.29, 1.82) is 0 Å². The van der Waals surface area contributed by atoms with Crippen LogP contribution in [-0.4, -0.2) is 53.8 Å². The molecule has 1 aromatic heterocycles. The fourth-order valence-corrected chi connectivity index (χ4v) is 3.12. The van der Waals surface area contributed by atoms with Crippen molar-refractivity contribution in [1.82, 2.24) is 15.1 Å². The largest absolute Gasteiger partial charge is 0.500 e.